The first-order chi connectivity index (χ1) is 12.5. The van der Waals surface area contributed by atoms with Crippen LogP contribution in [0.2, 0.25) is 5.02 Å². The second-order valence-electron chi connectivity index (χ2n) is 5.68. The largest absolute Gasteiger partial charge is 0.481 e. The van der Waals surface area contributed by atoms with Crippen LogP contribution < -0.4 is 9.47 Å². The molecule has 0 unspecified atom stereocenters. The molecule has 0 atom stereocenters. The Labute approximate surface area is 165 Å². The van der Waals surface area contributed by atoms with Gasteiger partial charge in [0, 0.05) is 5.02 Å². The third-order valence-electron chi connectivity index (χ3n) is 3.75. The molecule has 0 aliphatic heterocycles. The summed E-state index contributed by atoms with van der Waals surface area (Å²) < 4.78 is 11.7. The number of carbonyl (C=O) groups excluding carboxylic acids is 1. The van der Waals surface area contributed by atoms with Crippen molar-refractivity contribution >= 4 is 33.5 Å². The molecule has 0 saturated carbocycles. The Balaban J connectivity index is 1.63. The standard InChI is InChI=1S/C21H16BrClO3/c1-14-11-17(23)8-10-19(14)26-21(24)13-25-20-9-7-16(12-18(20)22)15-5-3-2-4-6-15/h2-12H,13H2,1H3. The molecule has 0 fully saturated rings. The van der Waals surface area contributed by atoms with E-state index in [2.05, 4.69) is 15.9 Å². The molecule has 0 saturated heterocycles. The highest BCUT2D eigenvalue weighted by Gasteiger charge is 2.11. The van der Waals surface area contributed by atoms with Crippen molar-refractivity contribution in [2.24, 2.45) is 0 Å². The van der Waals surface area contributed by atoms with E-state index in [9.17, 15) is 4.79 Å². The molecule has 0 N–H and O–H groups in total. The fourth-order valence-electron chi connectivity index (χ4n) is 2.44. The van der Waals surface area contributed by atoms with Crippen LogP contribution in [-0.2, 0) is 4.79 Å². The van der Waals surface area contributed by atoms with Gasteiger partial charge in [-0.3, -0.25) is 0 Å². The molecule has 0 bridgehead atoms. The molecule has 0 heterocycles. The van der Waals surface area contributed by atoms with Gasteiger partial charge in [-0.15, -0.1) is 0 Å². The topological polar surface area (TPSA) is 35.5 Å². The molecule has 0 radical (unpaired) electrons. The summed E-state index contributed by atoms with van der Waals surface area (Å²) in [7, 11) is 0. The molecular weight excluding hydrogens is 416 g/mol. The zero-order chi connectivity index (χ0) is 18.5. The highest BCUT2D eigenvalue weighted by Crippen LogP contribution is 2.30. The number of rotatable bonds is 5. The number of esters is 1. The second kappa shape index (κ2) is 8.39. The SMILES string of the molecule is Cc1cc(Cl)ccc1OC(=O)COc1ccc(-c2ccccc2)cc1Br. The lowest BCUT2D eigenvalue weighted by atomic mass is 10.1. The predicted octanol–water partition coefficient (Wildman–Crippen LogP) is 6.06. The van der Waals surface area contributed by atoms with Crippen molar-refractivity contribution in [1.29, 1.82) is 0 Å². The molecule has 26 heavy (non-hydrogen) atoms. The Bertz CT molecular complexity index is 926. The molecule has 132 valence electrons. The van der Waals surface area contributed by atoms with Crippen LogP contribution in [0.25, 0.3) is 11.1 Å². The van der Waals surface area contributed by atoms with Gasteiger partial charge in [-0.25, -0.2) is 4.79 Å². The monoisotopic (exact) mass is 430 g/mol. The average Bonchev–Trinajstić information content (AvgIpc) is 2.64. The predicted molar refractivity (Wildman–Crippen MR) is 107 cm³/mol. The van der Waals surface area contributed by atoms with Crippen molar-refractivity contribution in [2.45, 2.75) is 6.92 Å². The maximum absolute atomic E-state index is 12.0. The first-order valence-corrected chi connectivity index (χ1v) is 9.14. The minimum atomic E-state index is -0.477. The number of aryl methyl sites for hydroxylation is 1. The molecule has 0 aromatic heterocycles. The van der Waals surface area contributed by atoms with Gasteiger partial charge in [0.25, 0.3) is 0 Å². The molecular formula is C21H16BrClO3. The molecule has 3 nitrogen and oxygen atoms in total. The molecule has 0 spiro atoms. The lowest BCUT2D eigenvalue weighted by Crippen LogP contribution is -2.18. The Morgan fingerprint density at radius 1 is 0.962 bits per heavy atom. The average molecular weight is 432 g/mol. The van der Waals surface area contributed by atoms with Crippen molar-refractivity contribution in [3.63, 3.8) is 0 Å². The molecule has 3 aromatic carbocycles. The summed E-state index contributed by atoms with van der Waals surface area (Å²) in [6.07, 6.45) is 0. The summed E-state index contributed by atoms with van der Waals surface area (Å²) in [6.45, 7) is 1.64. The zero-order valence-electron chi connectivity index (χ0n) is 14.0. The van der Waals surface area contributed by atoms with Gasteiger partial charge >= 0.3 is 5.97 Å². The minimum absolute atomic E-state index is 0.189. The summed E-state index contributed by atoms with van der Waals surface area (Å²) in [6, 6.07) is 20.8. The number of ether oxygens (including phenoxy) is 2. The maximum atomic E-state index is 12.0. The van der Waals surface area contributed by atoms with Gasteiger partial charge in [-0.2, -0.15) is 0 Å². The molecule has 3 aromatic rings. The number of halogens is 2. The molecule has 3 rings (SSSR count). The van der Waals surface area contributed by atoms with E-state index in [4.69, 9.17) is 21.1 Å². The highest BCUT2D eigenvalue weighted by molar-refractivity contribution is 9.10. The van der Waals surface area contributed by atoms with Crippen molar-refractivity contribution in [3.8, 4) is 22.6 Å². The Kier molecular flexibility index (Phi) is 5.96. The van der Waals surface area contributed by atoms with Gasteiger partial charge in [0.15, 0.2) is 6.61 Å². The van der Waals surface area contributed by atoms with Crippen LogP contribution in [0.5, 0.6) is 11.5 Å². The fraction of sp³-hybridized carbons (Fsp3) is 0.0952. The zero-order valence-corrected chi connectivity index (χ0v) is 16.4. The van der Waals surface area contributed by atoms with Crippen LogP contribution in [0.15, 0.2) is 71.2 Å². The summed E-state index contributed by atoms with van der Waals surface area (Å²) in [5, 5.41) is 0.598. The van der Waals surface area contributed by atoms with Crippen molar-refractivity contribution in [3.05, 3.63) is 81.8 Å². The smallest absolute Gasteiger partial charge is 0.349 e. The minimum Gasteiger partial charge on any atom is -0.481 e. The van der Waals surface area contributed by atoms with E-state index in [1.165, 1.54) is 0 Å². The van der Waals surface area contributed by atoms with E-state index in [-0.39, 0.29) is 6.61 Å². The van der Waals surface area contributed by atoms with Crippen LogP contribution in [-0.4, -0.2) is 12.6 Å². The molecule has 0 aliphatic rings. The Morgan fingerprint density at radius 3 is 2.38 bits per heavy atom. The fourth-order valence-corrected chi connectivity index (χ4v) is 3.16. The van der Waals surface area contributed by atoms with Crippen LogP contribution in [0.1, 0.15) is 5.56 Å². The van der Waals surface area contributed by atoms with Gasteiger partial charge in [-0.05, 0) is 69.9 Å². The van der Waals surface area contributed by atoms with Crippen LogP contribution in [0.3, 0.4) is 0 Å². The van der Waals surface area contributed by atoms with Crippen LogP contribution in [0.4, 0.5) is 0 Å². The normalized spacial score (nSPS) is 10.4. The lowest BCUT2D eigenvalue weighted by molar-refractivity contribution is -0.136. The van der Waals surface area contributed by atoms with E-state index in [0.29, 0.717) is 16.5 Å². The van der Waals surface area contributed by atoms with Crippen LogP contribution >= 0.6 is 27.5 Å². The maximum Gasteiger partial charge on any atom is 0.349 e. The Hall–Kier alpha value is -2.30. The number of hydrogen-bond donors (Lipinski definition) is 0. The van der Waals surface area contributed by atoms with E-state index < -0.39 is 5.97 Å². The lowest BCUT2D eigenvalue weighted by Gasteiger charge is -2.11. The van der Waals surface area contributed by atoms with Gasteiger partial charge in [0.1, 0.15) is 11.5 Å². The number of benzene rings is 3. The van der Waals surface area contributed by atoms with Gasteiger partial charge in [0.2, 0.25) is 0 Å². The van der Waals surface area contributed by atoms with E-state index in [0.717, 1.165) is 21.2 Å². The summed E-state index contributed by atoms with van der Waals surface area (Å²) in [4.78, 5) is 12.0. The third kappa shape index (κ3) is 4.65. The van der Waals surface area contributed by atoms with Crippen LogP contribution in [0, 0.1) is 6.92 Å². The second-order valence-corrected chi connectivity index (χ2v) is 6.97. The number of hydrogen-bond acceptors (Lipinski definition) is 3. The molecule has 0 aliphatic carbocycles. The Morgan fingerprint density at radius 2 is 1.69 bits per heavy atom. The van der Waals surface area contributed by atoms with Crippen molar-refractivity contribution in [2.75, 3.05) is 6.61 Å². The van der Waals surface area contributed by atoms with E-state index in [1.807, 2.05) is 55.5 Å². The van der Waals surface area contributed by atoms with Crippen molar-refractivity contribution in [1.82, 2.24) is 0 Å². The number of carbonyl (C=O) groups is 1. The van der Waals surface area contributed by atoms with E-state index >= 15 is 0 Å². The van der Waals surface area contributed by atoms with Gasteiger partial charge in [-0.1, -0.05) is 48.0 Å². The van der Waals surface area contributed by atoms with Gasteiger partial charge in [0.05, 0.1) is 4.47 Å². The molecule has 5 heteroatoms. The first-order valence-electron chi connectivity index (χ1n) is 7.97. The van der Waals surface area contributed by atoms with Crippen molar-refractivity contribution < 1.29 is 14.3 Å². The third-order valence-corrected chi connectivity index (χ3v) is 4.60. The van der Waals surface area contributed by atoms with Gasteiger partial charge < -0.3 is 9.47 Å². The van der Waals surface area contributed by atoms with E-state index in [1.54, 1.807) is 18.2 Å². The summed E-state index contributed by atoms with van der Waals surface area (Å²) in [5.41, 5.74) is 2.96. The summed E-state index contributed by atoms with van der Waals surface area (Å²) in [5.74, 6) is 0.574. The highest BCUT2D eigenvalue weighted by atomic mass is 79.9. The summed E-state index contributed by atoms with van der Waals surface area (Å²) >= 11 is 9.39. The first kappa shape index (κ1) is 18.5. The molecule has 0 amide bonds. The quantitative estimate of drug-likeness (QED) is 0.364.